The Bertz CT molecular complexity index is 1310. The van der Waals surface area contributed by atoms with Crippen LogP contribution in [0.25, 0.3) is 5.82 Å². The van der Waals surface area contributed by atoms with Gasteiger partial charge in [-0.15, -0.1) is 10.2 Å². The van der Waals surface area contributed by atoms with Gasteiger partial charge in [-0.1, -0.05) is 6.92 Å². The van der Waals surface area contributed by atoms with E-state index in [-0.39, 0.29) is 35.3 Å². The molecular weight excluding hydrogens is 466 g/mol. The number of methoxy groups -OCH3 is 1. The first-order valence-corrected chi connectivity index (χ1v) is 12.0. The molecule has 0 aliphatic heterocycles. The molecule has 14 heteroatoms. The summed E-state index contributed by atoms with van der Waals surface area (Å²) in [6.45, 7) is 2.20. The standard InChI is InChI=1S/C20H23N7O6S/c1-4-16-14(12-23-26(16)18-7-8-19(33-2)25-24-18)20(28)22-10-9-21-15-6-5-13(34(3,31)32)11-17(15)27(29)30/h5-8,11-12,21H,4,9-10H2,1-3H3,(H,22,28). The van der Waals surface area contributed by atoms with Crippen molar-refractivity contribution >= 4 is 27.1 Å². The number of aromatic nitrogens is 4. The minimum atomic E-state index is -3.58. The van der Waals surface area contributed by atoms with Crippen LogP contribution in [0.4, 0.5) is 11.4 Å². The van der Waals surface area contributed by atoms with E-state index in [1.54, 1.807) is 12.1 Å². The first-order chi connectivity index (χ1) is 16.2. The third-order valence-corrected chi connectivity index (χ3v) is 5.93. The van der Waals surface area contributed by atoms with Crippen LogP contribution in [0.1, 0.15) is 23.0 Å². The summed E-state index contributed by atoms with van der Waals surface area (Å²) in [5.41, 5.74) is 0.775. The molecule has 3 aromatic rings. The van der Waals surface area contributed by atoms with Crippen molar-refractivity contribution in [3.05, 3.63) is 57.9 Å². The van der Waals surface area contributed by atoms with Crippen LogP contribution in [0.5, 0.6) is 5.88 Å². The maximum absolute atomic E-state index is 12.7. The molecule has 0 bridgehead atoms. The number of anilines is 1. The first-order valence-electron chi connectivity index (χ1n) is 10.1. The monoisotopic (exact) mass is 489 g/mol. The smallest absolute Gasteiger partial charge is 0.293 e. The predicted molar refractivity (Wildman–Crippen MR) is 122 cm³/mol. The zero-order valence-corrected chi connectivity index (χ0v) is 19.5. The zero-order valence-electron chi connectivity index (χ0n) is 18.7. The average Bonchev–Trinajstić information content (AvgIpc) is 3.25. The Balaban J connectivity index is 1.66. The second-order valence-electron chi connectivity index (χ2n) is 7.10. The quantitative estimate of drug-likeness (QED) is 0.241. The molecular formula is C20H23N7O6S. The van der Waals surface area contributed by atoms with Crippen molar-refractivity contribution in [1.29, 1.82) is 0 Å². The van der Waals surface area contributed by atoms with Gasteiger partial charge in [0.25, 0.3) is 11.6 Å². The summed E-state index contributed by atoms with van der Waals surface area (Å²) in [4.78, 5) is 23.2. The highest BCUT2D eigenvalue weighted by molar-refractivity contribution is 7.90. The van der Waals surface area contributed by atoms with Crippen LogP contribution >= 0.6 is 0 Å². The molecule has 3 rings (SSSR count). The molecule has 1 aromatic carbocycles. The number of nitro groups is 1. The largest absolute Gasteiger partial charge is 0.480 e. The fourth-order valence-electron chi connectivity index (χ4n) is 3.15. The van der Waals surface area contributed by atoms with Crippen LogP contribution in [0.3, 0.4) is 0 Å². The van der Waals surface area contributed by atoms with Gasteiger partial charge in [0.05, 0.1) is 34.4 Å². The summed E-state index contributed by atoms with van der Waals surface area (Å²) < 4.78 is 29.8. The number of benzene rings is 1. The topological polar surface area (TPSA) is 171 Å². The van der Waals surface area contributed by atoms with Crippen LogP contribution in [0.15, 0.2) is 41.4 Å². The minimum absolute atomic E-state index is 0.145. The van der Waals surface area contributed by atoms with E-state index in [0.717, 1.165) is 12.3 Å². The van der Waals surface area contributed by atoms with E-state index < -0.39 is 14.8 Å². The molecule has 0 unspecified atom stereocenters. The van der Waals surface area contributed by atoms with E-state index in [0.29, 0.717) is 29.4 Å². The third-order valence-electron chi connectivity index (χ3n) is 4.82. The number of ether oxygens (including phenoxy) is 1. The van der Waals surface area contributed by atoms with E-state index in [2.05, 4.69) is 25.9 Å². The lowest BCUT2D eigenvalue weighted by Gasteiger charge is -2.10. The normalized spacial score (nSPS) is 11.1. The number of nitrogens with zero attached hydrogens (tertiary/aromatic N) is 5. The van der Waals surface area contributed by atoms with Crippen LogP contribution in [0, 0.1) is 10.1 Å². The molecule has 0 aliphatic carbocycles. The number of sulfone groups is 1. The van der Waals surface area contributed by atoms with E-state index in [1.165, 1.54) is 30.1 Å². The van der Waals surface area contributed by atoms with Gasteiger partial charge in [-0.3, -0.25) is 14.9 Å². The Kier molecular flexibility index (Phi) is 7.40. The van der Waals surface area contributed by atoms with Gasteiger partial charge in [-0.25, -0.2) is 13.1 Å². The average molecular weight is 490 g/mol. The molecule has 0 saturated carbocycles. The molecule has 180 valence electrons. The molecule has 2 aromatic heterocycles. The van der Waals surface area contributed by atoms with Crippen LogP contribution in [0.2, 0.25) is 0 Å². The van der Waals surface area contributed by atoms with E-state index >= 15 is 0 Å². The van der Waals surface area contributed by atoms with E-state index in [1.807, 2.05) is 6.92 Å². The highest BCUT2D eigenvalue weighted by Gasteiger charge is 2.20. The van der Waals surface area contributed by atoms with Crippen molar-refractivity contribution in [1.82, 2.24) is 25.3 Å². The van der Waals surface area contributed by atoms with E-state index in [9.17, 15) is 23.3 Å². The second kappa shape index (κ2) is 10.2. The lowest BCUT2D eigenvalue weighted by Crippen LogP contribution is -2.29. The number of nitrogens with one attached hydrogen (secondary N) is 2. The molecule has 0 aliphatic rings. The van der Waals surface area contributed by atoms with Gasteiger partial charge in [0.2, 0.25) is 5.88 Å². The number of rotatable bonds is 10. The van der Waals surface area contributed by atoms with Crippen LogP contribution in [-0.4, -0.2) is 65.7 Å². The molecule has 0 spiro atoms. The molecule has 0 fully saturated rings. The van der Waals surface area contributed by atoms with Crippen molar-refractivity contribution in [3.63, 3.8) is 0 Å². The molecule has 1 amide bonds. The third kappa shape index (κ3) is 5.46. The SMILES string of the molecule is CCc1c(C(=O)NCCNc2ccc(S(C)(=O)=O)cc2[N+](=O)[O-])cnn1-c1ccc(OC)nn1. The van der Waals surface area contributed by atoms with Gasteiger partial charge in [0.15, 0.2) is 15.7 Å². The van der Waals surface area contributed by atoms with Gasteiger partial charge >= 0.3 is 0 Å². The Morgan fingerprint density at radius 3 is 2.56 bits per heavy atom. The maximum Gasteiger partial charge on any atom is 0.293 e. The minimum Gasteiger partial charge on any atom is -0.480 e. The predicted octanol–water partition coefficient (Wildman–Crippen LogP) is 1.39. The fourth-order valence-corrected chi connectivity index (χ4v) is 3.79. The van der Waals surface area contributed by atoms with Crippen molar-refractivity contribution in [3.8, 4) is 11.7 Å². The Morgan fingerprint density at radius 1 is 1.21 bits per heavy atom. The number of amides is 1. The highest BCUT2D eigenvalue weighted by Crippen LogP contribution is 2.27. The second-order valence-corrected chi connectivity index (χ2v) is 9.11. The molecule has 13 nitrogen and oxygen atoms in total. The molecule has 2 N–H and O–H groups in total. The number of carbonyl (C=O) groups is 1. The number of carbonyl (C=O) groups excluding carboxylic acids is 1. The van der Waals surface area contributed by atoms with Crippen LogP contribution in [-0.2, 0) is 16.3 Å². The summed E-state index contributed by atoms with van der Waals surface area (Å²) >= 11 is 0. The van der Waals surface area contributed by atoms with Crippen molar-refractivity contribution in [2.45, 2.75) is 18.2 Å². The maximum atomic E-state index is 12.7. The lowest BCUT2D eigenvalue weighted by molar-refractivity contribution is -0.384. The Labute approximate surface area is 195 Å². The summed E-state index contributed by atoms with van der Waals surface area (Å²) in [5, 5.41) is 29.1. The highest BCUT2D eigenvalue weighted by atomic mass is 32.2. The molecule has 34 heavy (non-hydrogen) atoms. The Morgan fingerprint density at radius 2 is 1.97 bits per heavy atom. The van der Waals surface area contributed by atoms with Gasteiger partial charge in [-0.2, -0.15) is 5.10 Å². The van der Waals surface area contributed by atoms with Crippen molar-refractivity contribution < 1.29 is 22.9 Å². The summed E-state index contributed by atoms with van der Waals surface area (Å²) in [6, 6.07) is 6.92. The number of hydrogen-bond donors (Lipinski definition) is 2. The fraction of sp³-hybridized carbons (Fsp3) is 0.300. The number of nitro benzene ring substituents is 1. The molecule has 0 atom stereocenters. The molecule has 0 radical (unpaired) electrons. The van der Waals surface area contributed by atoms with Crippen molar-refractivity contribution in [2.75, 3.05) is 31.8 Å². The van der Waals surface area contributed by atoms with Crippen LogP contribution < -0.4 is 15.4 Å². The summed E-state index contributed by atoms with van der Waals surface area (Å²) in [6.07, 6.45) is 2.92. The summed E-state index contributed by atoms with van der Waals surface area (Å²) in [5.74, 6) is 0.419. The Hall–Kier alpha value is -4.07. The summed E-state index contributed by atoms with van der Waals surface area (Å²) in [7, 11) is -2.10. The lowest BCUT2D eigenvalue weighted by atomic mass is 10.2. The number of hydrogen-bond acceptors (Lipinski definition) is 10. The van der Waals surface area contributed by atoms with Gasteiger partial charge in [0.1, 0.15) is 5.69 Å². The zero-order chi connectivity index (χ0) is 24.9. The first kappa shape index (κ1) is 24.6. The van der Waals surface area contributed by atoms with Gasteiger partial charge < -0.3 is 15.4 Å². The van der Waals surface area contributed by atoms with Gasteiger partial charge in [-0.05, 0) is 24.6 Å². The van der Waals surface area contributed by atoms with Gasteiger partial charge in [0, 0.05) is 31.5 Å². The molecule has 2 heterocycles. The molecule has 0 saturated heterocycles. The van der Waals surface area contributed by atoms with E-state index in [4.69, 9.17) is 4.74 Å². The van der Waals surface area contributed by atoms with Crippen molar-refractivity contribution in [2.24, 2.45) is 0 Å².